The molecule has 1 aromatic rings. The molecule has 4 heteroatoms. The van der Waals surface area contributed by atoms with Crippen LogP contribution in [0.3, 0.4) is 0 Å². The second kappa shape index (κ2) is 9.71. The molecule has 0 saturated heterocycles. The van der Waals surface area contributed by atoms with Crippen LogP contribution in [0.4, 0.5) is 0 Å². The number of hydrogen-bond donors (Lipinski definition) is 2. The first-order chi connectivity index (χ1) is 10.2. The van der Waals surface area contributed by atoms with E-state index in [0.717, 1.165) is 30.4 Å². The van der Waals surface area contributed by atoms with Gasteiger partial charge in [-0.2, -0.15) is 0 Å². The van der Waals surface area contributed by atoms with Crippen LogP contribution in [-0.4, -0.2) is 25.7 Å². The maximum absolute atomic E-state index is 5.72. The Morgan fingerprint density at radius 2 is 2.19 bits per heavy atom. The summed E-state index contributed by atoms with van der Waals surface area (Å²) in [6.45, 7) is 8.85. The van der Waals surface area contributed by atoms with Crippen LogP contribution in [0.2, 0.25) is 0 Å². The zero-order valence-electron chi connectivity index (χ0n) is 13.1. The number of rotatable bonds is 7. The lowest BCUT2D eigenvalue weighted by Crippen LogP contribution is -2.37. The molecule has 0 aliphatic carbocycles. The zero-order valence-corrected chi connectivity index (χ0v) is 13.1. The maximum Gasteiger partial charge on any atom is 0.192 e. The standard InChI is InChI=1S/C17H25N3O/c1-5-10-19-17(18-6-2)20-12-15-8-7-9-16(11-15)21-13-14(3)4/h1,7-9,11,14H,6,10,12-13H2,2-4H3,(H2,18,19,20). The normalized spacial score (nSPS) is 11.1. The van der Waals surface area contributed by atoms with Crippen molar-refractivity contribution in [3.8, 4) is 18.1 Å². The smallest absolute Gasteiger partial charge is 0.192 e. The van der Waals surface area contributed by atoms with Crippen molar-refractivity contribution in [2.24, 2.45) is 10.9 Å². The van der Waals surface area contributed by atoms with Crippen LogP contribution < -0.4 is 15.4 Å². The largest absolute Gasteiger partial charge is 0.493 e. The van der Waals surface area contributed by atoms with Crippen LogP contribution in [0.5, 0.6) is 5.75 Å². The molecule has 0 amide bonds. The monoisotopic (exact) mass is 287 g/mol. The van der Waals surface area contributed by atoms with E-state index >= 15 is 0 Å². The Kier molecular flexibility index (Phi) is 7.81. The maximum atomic E-state index is 5.72. The van der Waals surface area contributed by atoms with Gasteiger partial charge in [-0.15, -0.1) is 6.42 Å². The first kappa shape index (κ1) is 16.9. The third-order valence-electron chi connectivity index (χ3n) is 2.60. The molecule has 1 rings (SSSR count). The second-order valence-electron chi connectivity index (χ2n) is 5.11. The van der Waals surface area contributed by atoms with Gasteiger partial charge in [0.05, 0.1) is 19.7 Å². The van der Waals surface area contributed by atoms with Crippen molar-refractivity contribution in [1.29, 1.82) is 0 Å². The lowest BCUT2D eigenvalue weighted by atomic mass is 10.2. The molecular formula is C17H25N3O. The van der Waals surface area contributed by atoms with Gasteiger partial charge in [-0.1, -0.05) is 31.9 Å². The Hall–Kier alpha value is -2.15. The van der Waals surface area contributed by atoms with Gasteiger partial charge in [0, 0.05) is 6.54 Å². The number of hydrogen-bond acceptors (Lipinski definition) is 2. The van der Waals surface area contributed by atoms with Crippen molar-refractivity contribution in [2.75, 3.05) is 19.7 Å². The van der Waals surface area contributed by atoms with Crippen molar-refractivity contribution in [3.63, 3.8) is 0 Å². The summed E-state index contributed by atoms with van der Waals surface area (Å²) in [5.74, 6) is 4.67. The Morgan fingerprint density at radius 3 is 2.86 bits per heavy atom. The van der Waals surface area contributed by atoms with E-state index in [2.05, 4.69) is 35.4 Å². The minimum atomic E-state index is 0.462. The zero-order chi connectivity index (χ0) is 15.5. The molecule has 21 heavy (non-hydrogen) atoms. The molecule has 114 valence electrons. The molecule has 2 N–H and O–H groups in total. The van der Waals surface area contributed by atoms with E-state index in [1.165, 1.54) is 0 Å². The third kappa shape index (κ3) is 7.26. The van der Waals surface area contributed by atoms with E-state index in [1.54, 1.807) is 0 Å². The number of terminal acetylenes is 1. The van der Waals surface area contributed by atoms with Crippen LogP contribution >= 0.6 is 0 Å². The fourth-order valence-corrected chi connectivity index (χ4v) is 1.64. The van der Waals surface area contributed by atoms with Gasteiger partial charge in [-0.3, -0.25) is 0 Å². The van der Waals surface area contributed by atoms with Crippen LogP contribution in [0.1, 0.15) is 26.3 Å². The molecule has 4 nitrogen and oxygen atoms in total. The summed E-state index contributed by atoms with van der Waals surface area (Å²) in [5, 5.41) is 6.22. The van der Waals surface area contributed by atoms with Crippen molar-refractivity contribution in [2.45, 2.75) is 27.3 Å². The number of guanidine groups is 1. The van der Waals surface area contributed by atoms with Gasteiger partial charge in [0.1, 0.15) is 5.75 Å². The summed E-state index contributed by atoms with van der Waals surface area (Å²) >= 11 is 0. The molecule has 0 aliphatic heterocycles. The number of nitrogens with one attached hydrogen (secondary N) is 2. The summed E-state index contributed by atoms with van der Waals surface area (Å²) in [4.78, 5) is 4.50. The molecule has 1 aromatic carbocycles. The predicted molar refractivity (Wildman–Crippen MR) is 88.4 cm³/mol. The molecular weight excluding hydrogens is 262 g/mol. The molecule has 0 aromatic heterocycles. The molecule has 0 unspecified atom stereocenters. The molecule has 0 bridgehead atoms. The summed E-state index contributed by atoms with van der Waals surface area (Å²) in [5.41, 5.74) is 1.11. The van der Waals surface area contributed by atoms with Crippen LogP contribution in [-0.2, 0) is 6.54 Å². The van der Waals surface area contributed by atoms with E-state index in [9.17, 15) is 0 Å². The first-order valence-corrected chi connectivity index (χ1v) is 7.33. The lowest BCUT2D eigenvalue weighted by molar-refractivity contribution is 0.271. The van der Waals surface area contributed by atoms with Gasteiger partial charge in [0.15, 0.2) is 5.96 Å². The number of nitrogens with zero attached hydrogens (tertiary/aromatic N) is 1. The quantitative estimate of drug-likeness (QED) is 0.460. The third-order valence-corrected chi connectivity index (χ3v) is 2.60. The van der Waals surface area contributed by atoms with E-state index in [0.29, 0.717) is 19.0 Å². The van der Waals surface area contributed by atoms with Gasteiger partial charge in [0.2, 0.25) is 0 Å². The van der Waals surface area contributed by atoms with Crippen LogP contribution in [0.25, 0.3) is 0 Å². The predicted octanol–water partition coefficient (Wildman–Crippen LogP) is 2.41. The van der Waals surface area contributed by atoms with E-state index < -0.39 is 0 Å². The SMILES string of the molecule is C#CCNC(=NCc1cccc(OCC(C)C)c1)NCC. The Balaban J connectivity index is 2.63. The van der Waals surface area contributed by atoms with Crippen molar-refractivity contribution in [3.05, 3.63) is 29.8 Å². The minimum Gasteiger partial charge on any atom is -0.493 e. The summed E-state index contributed by atoms with van der Waals surface area (Å²) in [6.07, 6.45) is 5.25. The second-order valence-corrected chi connectivity index (χ2v) is 5.11. The molecule has 0 aliphatic rings. The van der Waals surface area contributed by atoms with Gasteiger partial charge < -0.3 is 15.4 Å². The number of ether oxygens (including phenoxy) is 1. The molecule has 0 atom stereocenters. The molecule has 0 spiro atoms. The van der Waals surface area contributed by atoms with Crippen LogP contribution in [0.15, 0.2) is 29.3 Å². The van der Waals surface area contributed by atoms with Gasteiger partial charge >= 0.3 is 0 Å². The summed E-state index contributed by atoms with van der Waals surface area (Å²) in [6, 6.07) is 8.02. The number of aliphatic imine (C=N–C) groups is 1. The van der Waals surface area contributed by atoms with Crippen molar-refractivity contribution < 1.29 is 4.74 Å². The fraction of sp³-hybridized carbons (Fsp3) is 0.471. The molecule has 0 radical (unpaired) electrons. The Bertz CT molecular complexity index is 489. The molecule has 0 heterocycles. The highest BCUT2D eigenvalue weighted by Crippen LogP contribution is 2.15. The molecule has 0 saturated carbocycles. The van der Waals surface area contributed by atoms with E-state index in [-0.39, 0.29) is 0 Å². The van der Waals surface area contributed by atoms with Gasteiger partial charge in [0.25, 0.3) is 0 Å². The minimum absolute atomic E-state index is 0.462. The summed E-state index contributed by atoms with van der Waals surface area (Å²) < 4.78 is 5.72. The Labute approximate surface area is 128 Å². The highest BCUT2D eigenvalue weighted by Gasteiger charge is 2.00. The first-order valence-electron chi connectivity index (χ1n) is 7.33. The fourth-order valence-electron chi connectivity index (χ4n) is 1.64. The molecule has 0 fully saturated rings. The summed E-state index contributed by atoms with van der Waals surface area (Å²) in [7, 11) is 0. The average Bonchev–Trinajstić information content (AvgIpc) is 2.48. The number of benzene rings is 1. The van der Waals surface area contributed by atoms with Gasteiger partial charge in [-0.25, -0.2) is 4.99 Å². The lowest BCUT2D eigenvalue weighted by Gasteiger charge is -2.10. The van der Waals surface area contributed by atoms with E-state index in [4.69, 9.17) is 11.2 Å². The van der Waals surface area contributed by atoms with Crippen LogP contribution in [0, 0.1) is 18.3 Å². The highest BCUT2D eigenvalue weighted by molar-refractivity contribution is 5.79. The van der Waals surface area contributed by atoms with Crippen molar-refractivity contribution in [1.82, 2.24) is 10.6 Å². The highest BCUT2D eigenvalue weighted by atomic mass is 16.5. The average molecular weight is 287 g/mol. The van der Waals surface area contributed by atoms with Crippen molar-refractivity contribution >= 4 is 5.96 Å². The van der Waals surface area contributed by atoms with E-state index in [1.807, 2.05) is 31.2 Å². The topological polar surface area (TPSA) is 45.7 Å². The Morgan fingerprint density at radius 1 is 1.38 bits per heavy atom. The van der Waals surface area contributed by atoms with Gasteiger partial charge in [-0.05, 0) is 30.5 Å².